The molecular formula is C31H41N7O2. The molecule has 4 heterocycles. The molecule has 1 amide bonds. The maximum absolute atomic E-state index is 12.5. The fourth-order valence-corrected chi connectivity index (χ4v) is 6.07. The van der Waals surface area contributed by atoms with E-state index in [0.29, 0.717) is 44.8 Å². The Morgan fingerprint density at radius 3 is 2.73 bits per heavy atom. The van der Waals surface area contributed by atoms with E-state index in [9.17, 15) is 10.1 Å². The van der Waals surface area contributed by atoms with Gasteiger partial charge in [0.05, 0.1) is 30.8 Å². The molecule has 0 aliphatic carbocycles. The molecule has 0 spiro atoms. The monoisotopic (exact) mass is 543 g/mol. The molecule has 1 aromatic heterocycles. The van der Waals surface area contributed by atoms with Gasteiger partial charge in [0, 0.05) is 43.5 Å². The molecule has 0 N–H and O–H groups in total. The number of ether oxygens (including phenoxy) is 1. The fourth-order valence-electron chi connectivity index (χ4n) is 6.07. The van der Waals surface area contributed by atoms with Crippen molar-refractivity contribution in [2.75, 3.05) is 51.3 Å². The number of hydrogen-bond donors (Lipinski definition) is 0. The minimum absolute atomic E-state index is 0.143. The first-order chi connectivity index (χ1) is 19.4. The average molecular weight is 544 g/mol. The van der Waals surface area contributed by atoms with Gasteiger partial charge < -0.3 is 24.3 Å². The van der Waals surface area contributed by atoms with E-state index in [-0.39, 0.29) is 18.4 Å². The van der Waals surface area contributed by atoms with Crippen LogP contribution in [0, 0.1) is 23.7 Å². The Bertz CT molecular complexity index is 1240. The van der Waals surface area contributed by atoms with Crippen LogP contribution in [0.2, 0.25) is 0 Å². The van der Waals surface area contributed by atoms with Crippen LogP contribution in [0.4, 0.5) is 5.82 Å². The molecule has 0 radical (unpaired) electrons. The predicted octanol–water partition coefficient (Wildman–Crippen LogP) is 3.30. The van der Waals surface area contributed by atoms with Crippen LogP contribution in [0.1, 0.15) is 50.8 Å². The first kappa shape index (κ1) is 29.2. The van der Waals surface area contributed by atoms with E-state index < -0.39 is 0 Å². The van der Waals surface area contributed by atoms with E-state index in [1.165, 1.54) is 12.5 Å². The number of hydrogen-bond acceptors (Lipinski definition) is 8. The lowest BCUT2D eigenvalue weighted by Gasteiger charge is -2.41. The van der Waals surface area contributed by atoms with Crippen LogP contribution in [-0.2, 0) is 17.8 Å². The van der Waals surface area contributed by atoms with Crippen LogP contribution < -0.4 is 9.64 Å². The Kier molecular flexibility index (Phi) is 9.84. The average Bonchev–Trinajstić information content (AvgIpc) is 3.24. The number of nitrogens with zero attached hydrogens (tertiary/aromatic N) is 7. The van der Waals surface area contributed by atoms with Crippen molar-refractivity contribution in [3.05, 3.63) is 47.3 Å². The van der Waals surface area contributed by atoms with Gasteiger partial charge in [-0.25, -0.2) is 0 Å². The lowest BCUT2D eigenvalue weighted by Crippen LogP contribution is -2.55. The van der Waals surface area contributed by atoms with E-state index in [4.69, 9.17) is 21.1 Å². The number of rotatable bonds is 8. The lowest BCUT2D eigenvalue weighted by molar-refractivity contribution is -0.128. The van der Waals surface area contributed by atoms with Crippen LogP contribution in [0.5, 0.6) is 6.01 Å². The lowest BCUT2D eigenvalue weighted by atomic mass is 10.1. The molecule has 2 saturated heterocycles. The van der Waals surface area contributed by atoms with Crippen LogP contribution in [-0.4, -0.2) is 89.0 Å². The van der Waals surface area contributed by atoms with Crippen molar-refractivity contribution < 1.29 is 9.53 Å². The number of likely N-dealkylation sites (N-methyl/N-ethyl adjacent to an activating group) is 1. The van der Waals surface area contributed by atoms with Gasteiger partial charge in [0.15, 0.2) is 0 Å². The molecule has 3 aliphatic rings. The smallest absolute Gasteiger partial charge is 0.318 e. The second-order valence-corrected chi connectivity index (χ2v) is 10.7. The maximum Gasteiger partial charge on any atom is 0.318 e. The van der Waals surface area contributed by atoms with Crippen molar-refractivity contribution in [2.45, 2.75) is 64.6 Å². The number of nitriles is 1. The van der Waals surface area contributed by atoms with Crippen LogP contribution in [0.15, 0.2) is 36.1 Å². The normalized spacial score (nSPS) is 22.3. The summed E-state index contributed by atoms with van der Waals surface area (Å²) in [6.45, 7) is 12.5. The highest BCUT2D eigenvalue weighted by Gasteiger charge is 2.33. The molecule has 9 heteroatoms. The van der Waals surface area contributed by atoms with Gasteiger partial charge in [-0.1, -0.05) is 18.6 Å². The van der Waals surface area contributed by atoms with E-state index in [0.717, 1.165) is 60.7 Å². The number of amides is 1. The molecule has 4 rings (SSSR count). The Balaban J connectivity index is 1.69. The first-order valence-electron chi connectivity index (χ1n) is 14.2. The molecule has 40 heavy (non-hydrogen) atoms. The fraction of sp³-hybridized carbons (Fsp3) is 0.548. The summed E-state index contributed by atoms with van der Waals surface area (Å²) < 4.78 is 6.27. The largest absolute Gasteiger partial charge is 0.462 e. The van der Waals surface area contributed by atoms with Gasteiger partial charge in [0.25, 0.3) is 0 Å². The SMILES string of the molecule is C#CC=C(C)/C(=C\C)N1CCCc2c(nc(OC[C@@H]3CCCN3C)nc2N2CCN(C(=O)C=C)[C@@H](CC#N)C2)C1. The molecule has 2 fully saturated rings. The molecule has 212 valence electrons. The molecule has 9 nitrogen and oxygen atoms in total. The van der Waals surface area contributed by atoms with E-state index in [2.05, 4.69) is 46.4 Å². The summed E-state index contributed by atoms with van der Waals surface area (Å²) in [6.07, 6.45) is 15.1. The predicted molar refractivity (Wildman–Crippen MR) is 156 cm³/mol. The quantitative estimate of drug-likeness (QED) is 0.280. The second-order valence-electron chi connectivity index (χ2n) is 10.7. The zero-order valence-electron chi connectivity index (χ0n) is 24.1. The van der Waals surface area contributed by atoms with Gasteiger partial charge in [0.1, 0.15) is 12.4 Å². The van der Waals surface area contributed by atoms with Gasteiger partial charge in [-0.05, 0) is 70.8 Å². The number of allylic oxidation sites excluding steroid dienone is 3. The summed E-state index contributed by atoms with van der Waals surface area (Å²) in [7, 11) is 2.13. The minimum atomic E-state index is -0.236. The summed E-state index contributed by atoms with van der Waals surface area (Å²) >= 11 is 0. The van der Waals surface area contributed by atoms with E-state index in [1.807, 2.05) is 13.8 Å². The number of piperazine rings is 1. The number of likely N-dealkylation sites (tertiary alicyclic amines) is 1. The standard InChI is InChI=1S/C31H41N7O2/c1-6-11-23(4)28(7-2)36-17-10-13-26-27(21-36)33-31(40-22-25-12-9-16-35(25)5)34-30(26)37-18-19-38(29(39)8-3)24(20-37)14-15-32/h1,7-8,11,24-25H,3,9-10,12-14,16-22H2,2,4-5H3/b23-11?,28-7+/t24-,25-/m0/s1. The summed E-state index contributed by atoms with van der Waals surface area (Å²) in [5.74, 6) is 3.36. The third-order valence-corrected chi connectivity index (χ3v) is 8.21. The third kappa shape index (κ3) is 6.48. The Morgan fingerprint density at radius 1 is 1.23 bits per heavy atom. The maximum atomic E-state index is 12.5. The molecule has 0 saturated carbocycles. The summed E-state index contributed by atoms with van der Waals surface area (Å²) in [6, 6.07) is 2.75. The van der Waals surface area contributed by atoms with Crippen LogP contribution >= 0.6 is 0 Å². The molecule has 2 atom stereocenters. The zero-order chi connectivity index (χ0) is 28.6. The highest BCUT2D eigenvalue weighted by Crippen LogP contribution is 2.32. The second kappa shape index (κ2) is 13.5. The summed E-state index contributed by atoms with van der Waals surface area (Å²) in [5, 5.41) is 9.49. The molecule has 0 aromatic carbocycles. The topological polar surface area (TPSA) is 88.8 Å². The van der Waals surface area contributed by atoms with Crippen molar-refractivity contribution in [1.29, 1.82) is 5.26 Å². The van der Waals surface area contributed by atoms with Crippen LogP contribution in [0.25, 0.3) is 0 Å². The number of anilines is 1. The van der Waals surface area contributed by atoms with Gasteiger partial charge in [-0.2, -0.15) is 15.2 Å². The van der Waals surface area contributed by atoms with E-state index in [1.54, 1.807) is 11.0 Å². The zero-order valence-corrected chi connectivity index (χ0v) is 24.1. The van der Waals surface area contributed by atoms with Crippen molar-refractivity contribution in [1.82, 2.24) is 24.7 Å². The van der Waals surface area contributed by atoms with Crippen molar-refractivity contribution in [3.63, 3.8) is 0 Å². The number of carbonyl (C=O) groups is 1. The Hall–Kier alpha value is -3.82. The van der Waals surface area contributed by atoms with E-state index >= 15 is 0 Å². The number of fused-ring (bicyclic) bond motifs is 1. The van der Waals surface area contributed by atoms with Crippen LogP contribution in [0.3, 0.4) is 0 Å². The Morgan fingerprint density at radius 2 is 2.05 bits per heavy atom. The summed E-state index contributed by atoms with van der Waals surface area (Å²) in [4.78, 5) is 31.1. The molecule has 0 bridgehead atoms. The number of terminal acetylenes is 1. The first-order valence-corrected chi connectivity index (χ1v) is 14.2. The molecule has 0 unspecified atom stereocenters. The number of aromatic nitrogens is 2. The minimum Gasteiger partial charge on any atom is -0.462 e. The number of carbonyl (C=O) groups excluding carboxylic acids is 1. The van der Waals surface area contributed by atoms with Crippen molar-refractivity contribution in [3.8, 4) is 24.4 Å². The van der Waals surface area contributed by atoms with Crippen molar-refractivity contribution in [2.24, 2.45) is 0 Å². The van der Waals surface area contributed by atoms with Gasteiger partial charge in [0.2, 0.25) is 5.91 Å². The Labute approximate surface area is 238 Å². The van der Waals surface area contributed by atoms with Gasteiger partial charge in [-0.15, -0.1) is 6.42 Å². The highest BCUT2D eigenvalue weighted by molar-refractivity contribution is 5.87. The highest BCUT2D eigenvalue weighted by atomic mass is 16.5. The van der Waals surface area contributed by atoms with Crippen molar-refractivity contribution >= 4 is 11.7 Å². The third-order valence-electron chi connectivity index (χ3n) is 8.21. The molecular weight excluding hydrogens is 502 g/mol. The van der Waals surface area contributed by atoms with Gasteiger partial charge >= 0.3 is 6.01 Å². The molecule has 3 aliphatic heterocycles. The van der Waals surface area contributed by atoms with Gasteiger partial charge in [-0.3, -0.25) is 4.79 Å². The summed E-state index contributed by atoms with van der Waals surface area (Å²) in [5.41, 5.74) is 4.21. The molecule has 1 aromatic rings.